The zero-order valence-corrected chi connectivity index (χ0v) is 34.9. The molecule has 3 unspecified atom stereocenters. The highest BCUT2D eigenvalue weighted by atomic mass is 35.5. The number of para-hydroxylation sites is 1. The van der Waals surface area contributed by atoms with Gasteiger partial charge in [-0.25, -0.2) is 9.97 Å². The Balaban J connectivity index is 0.834. The second-order valence-corrected chi connectivity index (χ2v) is 17.0. The molecule has 314 valence electrons. The number of nitrogens with zero attached hydrogens (tertiary/aromatic N) is 9. The van der Waals surface area contributed by atoms with Crippen LogP contribution in [0.2, 0.25) is 5.02 Å². The number of aryl methyl sites for hydroxylation is 1. The summed E-state index contributed by atoms with van der Waals surface area (Å²) in [5.74, 6) is 0.476. The number of pyridine rings is 2. The summed E-state index contributed by atoms with van der Waals surface area (Å²) >= 11 is 6.64. The summed E-state index contributed by atoms with van der Waals surface area (Å²) in [6, 6.07) is 10.2. The van der Waals surface area contributed by atoms with Gasteiger partial charge in [-0.1, -0.05) is 23.7 Å². The van der Waals surface area contributed by atoms with Crippen LogP contribution in [0, 0.1) is 5.92 Å². The number of piperidine rings is 2. The predicted molar refractivity (Wildman–Crippen MR) is 228 cm³/mol. The van der Waals surface area contributed by atoms with E-state index in [1.165, 1.54) is 7.05 Å². The summed E-state index contributed by atoms with van der Waals surface area (Å²) in [6.07, 6.45) is 7.30. The van der Waals surface area contributed by atoms with E-state index < -0.39 is 5.92 Å². The highest BCUT2D eigenvalue weighted by Crippen LogP contribution is 2.39. The summed E-state index contributed by atoms with van der Waals surface area (Å²) in [4.78, 5) is 71.1. The van der Waals surface area contributed by atoms with Crippen molar-refractivity contribution in [3.05, 3.63) is 63.8 Å². The minimum absolute atomic E-state index is 0.0618. The SMILES string of the molecule is CNC(=O)COc1cc2cc(Nc3nc(N4CC5CC4CN5CC4CCN(c5cccc6c(C7CCC(=O)NC7=O)nn(C)c56)CC4)ncc3Cl)cnc2n(C(C)C)c1=O. The lowest BCUT2D eigenvalue weighted by molar-refractivity contribution is -0.134. The summed E-state index contributed by atoms with van der Waals surface area (Å²) in [6.45, 7) is 8.25. The Hall–Kier alpha value is -5.81. The van der Waals surface area contributed by atoms with E-state index in [9.17, 15) is 19.2 Å². The van der Waals surface area contributed by atoms with Crippen LogP contribution >= 0.6 is 11.6 Å². The van der Waals surface area contributed by atoms with Gasteiger partial charge in [0.15, 0.2) is 18.2 Å². The third-order valence-electron chi connectivity index (χ3n) is 12.5. The van der Waals surface area contributed by atoms with Gasteiger partial charge in [-0.2, -0.15) is 10.1 Å². The molecule has 0 aliphatic carbocycles. The van der Waals surface area contributed by atoms with Crippen LogP contribution in [0.3, 0.4) is 0 Å². The molecule has 4 aromatic heterocycles. The van der Waals surface area contributed by atoms with Gasteiger partial charge < -0.3 is 25.2 Å². The van der Waals surface area contributed by atoms with Crippen LogP contribution in [0.5, 0.6) is 5.75 Å². The molecule has 9 rings (SSSR count). The Kier molecular flexibility index (Phi) is 10.6. The molecule has 0 saturated carbocycles. The van der Waals surface area contributed by atoms with E-state index in [2.05, 4.69) is 52.8 Å². The number of amides is 3. The smallest absolute Gasteiger partial charge is 0.294 e. The Bertz CT molecular complexity index is 2570. The lowest BCUT2D eigenvalue weighted by Gasteiger charge is -2.39. The van der Waals surface area contributed by atoms with Gasteiger partial charge in [-0.15, -0.1) is 0 Å². The molecule has 0 radical (unpaired) electrons. The van der Waals surface area contributed by atoms with Crippen LogP contribution < -0.4 is 36.0 Å². The highest BCUT2D eigenvalue weighted by molar-refractivity contribution is 6.33. The average molecular weight is 837 g/mol. The molecule has 3 atom stereocenters. The van der Waals surface area contributed by atoms with E-state index in [1.807, 2.05) is 37.7 Å². The zero-order valence-electron chi connectivity index (χ0n) is 34.2. The van der Waals surface area contributed by atoms with Gasteiger partial charge in [0.1, 0.15) is 10.7 Å². The van der Waals surface area contributed by atoms with Crippen molar-refractivity contribution >= 4 is 74.4 Å². The Labute approximate surface area is 351 Å². The number of likely N-dealkylation sites (tertiary alicyclic amines) is 1. The lowest BCUT2D eigenvalue weighted by Crippen LogP contribution is -2.49. The van der Waals surface area contributed by atoms with Crippen molar-refractivity contribution in [3.63, 3.8) is 0 Å². The van der Waals surface area contributed by atoms with Gasteiger partial charge in [0.05, 0.1) is 40.9 Å². The van der Waals surface area contributed by atoms with Crippen molar-refractivity contribution in [3.8, 4) is 5.75 Å². The number of nitrogens with one attached hydrogen (secondary N) is 3. The number of rotatable bonds is 11. The van der Waals surface area contributed by atoms with Gasteiger partial charge in [0, 0.05) is 82.1 Å². The molecule has 18 heteroatoms. The number of aromatic nitrogens is 6. The first kappa shape index (κ1) is 39.6. The molecule has 60 heavy (non-hydrogen) atoms. The van der Waals surface area contributed by atoms with Crippen molar-refractivity contribution in [2.75, 3.05) is 61.5 Å². The molecular weight excluding hydrogens is 788 g/mol. The number of anilines is 4. The second-order valence-electron chi connectivity index (χ2n) is 16.6. The maximum absolute atomic E-state index is 13.2. The van der Waals surface area contributed by atoms with E-state index in [1.54, 1.807) is 23.0 Å². The number of fused-ring (bicyclic) bond motifs is 4. The minimum atomic E-state index is -0.426. The van der Waals surface area contributed by atoms with Crippen LogP contribution in [-0.2, 0) is 21.4 Å². The van der Waals surface area contributed by atoms with E-state index in [-0.39, 0.29) is 41.7 Å². The van der Waals surface area contributed by atoms with Gasteiger partial charge in [0.25, 0.3) is 11.5 Å². The van der Waals surface area contributed by atoms with Crippen molar-refractivity contribution in [1.29, 1.82) is 0 Å². The van der Waals surface area contributed by atoms with E-state index in [4.69, 9.17) is 26.4 Å². The monoisotopic (exact) mass is 836 g/mol. The molecular formula is C42H49ClN12O5. The number of halogens is 1. The molecule has 3 N–H and O–H groups in total. The maximum Gasteiger partial charge on any atom is 0.294 e. The molecule has 8 heterocycles. The summed E-state index contributed by atoms with van der Waals surface area (Å²) < 4.78 is 9.05. The maximum atomic E-state index is 13.2. The number of carbonyl (C=O) groups is 3. The number of hydrogen-bond donors (Lipinski definition) is 3. The van der Waals surface area contributed by atoms with Crippen molar-refractivity contribution in [2.24, 2.45) is 13.0 Å². The minimum Gasteiger partial charge on any atom is -0.478 e. The van der Waals surface area contributed by atoms with Gasteiger partial charge >= 0.3 is 0 Å². The van der Waals surface area contributed by atoms with Crippen molar-refractivity contribution < 1.29 is 19.1 Å². The number of likely N-dealkylation sites (N-methyl/N-ethyl adjacent to an activating group) is 1. The molecule has 4 saturated heterocycles. The number of carbonyl (C=O) groups excluding carboxylic acids is 3. The number of imide groups is 1. The third kappa shape index (κ3) is 7.37. The summed E-state index contributed by atoms with van der Waals surface area (Å²) in [5.41, 5.74) is 3.67. The van der Waals surface area contributed by atoms with Gasteiger partial charge in [0.2, 0.25) is 17.8 Å². The molecule has 4 aliphatic heterocycles. The quantitative estimate of drug-likeness (QED) is 0.163. The number of hydrogen-bond acceptors (Lipinski definition) is 13. The fraction of sp³-hybridized carbons (Fsp3) is 0.476. The zero-order chi connectivity index (χ0) is 41.8. The van der Waals surface area contributed by atoms with E-state index in [0.717, 1.165) is 74.3 Å². The molecule has 3 amide bonds. The number of benzene rings is 1. The van der Waals surface area contributed by atoms with Gasteiger partial charge in [-0.3, -0.25) is 38.6 Å². The lowest BCUT2D eigenvalue weighted by atomic mass is 9.92. The van der Waals surface area contributed by atoms with Crippen LogP contribution in [0.25, 0.3) is 21.9 Å². The summed E-state index contributed by atoms with van der Waals surface area (Å²) in [7, 11) is 3.45. The van der Waals surface area contributed by atoms with Gasteiger partial charge in [-0.05, 0) is 63.6 Å². The number of piperazine rings is 1. The van der Waals surface area contributed by atoms with Crippen molar-refractivity contribution in [1.82, 2.24) is 44.8 Å². The van der Waals surface area contributed by atoms with Crippen LogP contribution in [-0.4, -0.2) is 110 Å². The fourth-order valence-electron chi connectivity index (χ4n) is 9.50. The normalized spacial score (nSPS) is 21.1. The Morgan fingerprint density at radius 1 is 1.05 bits per heavy atom. The first-order valence-corrected chi connectivity index (χ1v) is 21.1. The Morgan fingerprint density at radius 3 is 2.60 bits per heavy atom. The molecule has 4 aliphatic rings. The standard InChI is InChI=1S/C42H49ClN12O5/c1-23(2)55-39-25(15-33(41(55)59)60-22-35(57)44-3)14-26(17-45-39)47-38-31(43)18-46-42(49-38)54-21-27-16-28(54)20-53(27)19-24-10-12-52(13-11-24)32-7-5-6-29-36(50-51(4)37(29)32)30-8-9-34(56)48-40(30)58/h5-7,14-15,17-18,23-24,27-28,30H,8-13,16,19-22H2,1-4H3,(H,44,57)(H,46,47,49)(H,48,56,58). The first-order chi connectivity index (χ1) is 28.9. The van der Waals surface area contributed by atoms with Crippen LogP contribution in [0.1, 0.15) is 63.6 Å². The Morgan fingerprint density at radius 2 is 1.87 bits per heavy atom. The highest BCUT2D eigenvalue weighted by Gasteiger charge is 2.45. The molecule has 2 bridgehead atoms. The largest absolute Gasteiger partial charge is 0.478 e. The van der Waals surface area contributed by atoms with Crippen molar-refractivity contribution in [2.45, 2.75) is 70.0 Å². The number of ether oxygens (including phenoxy) is 1. The molecule has 1 aromatic carbocycles. The third-order valence-corrected chi connectivity index (χ3v) is 12.8. The molecule has 5 aromatic rings. The molecule has 4 fully saturated rings. The van der Waals surface area contributed by atoms with E-state index in [0.29, 0.717) is 64.4 Å². The van der Waals surface area contributed by atoms with Crippen LogP contribution in [0.4, 0.5) is 23.1 Å². The predicted octanol–water partition coefficient (Wildman–Crippen LogP) is 3.88. The average Bonchev–Trinajstić information content (AvgIpc) is 3.94. The first-order valence-electron chi connectivity index (χ1n) is 20.7. The molecule has 0 spiro atoms. The fourth-order valence-corrected chi connectivity index (χ4v) is 9.64. The van der Waals surface area contributed by atoms with E-state index >= 15 is 0 Å². The van der Waals surface area contributed by atoms with Crippen LogP contribution in [0.15, 0.2) is 47.5 Å². The molecule has 17 nitrogen and oxygen atoms in total. The second kappa shape index (κ2) is 16.0. The topological polar surface area (TPSA) is 185 Å². The summed E-state index contributed by atoms with van der Waals surface area (Å²) in [5, 5.41) is 15.1.